The minimum Gasteiger partial charge on any atom is -0.354 e. The van der Waals surface area contributed by atoms with Gasteiger partial charge in [0.15, 0.2) is 0 Å². The Kier molecular flexibility index (Phi) is 5.06. The summed E-state index contributed by atoms with van der Waals surface area (Å²) in [6, 6.07) is 4.58. The van der Waals surface area contributed by atoms with Crippen LogP contribution in [-0.2, 0) is 6.54 Å². The number of pyridine rings is 1. The minimum atomic E-state index is 0.560. The Labute approximate surface area is 121 Å². The summed E-state index contributed by atoms with van der Waals surface area (Å²) in [7, 11) is 0. The highest BCUT2D eigenvalue weighted by Crippen LogP contribution is 2.28. The molecule has 2 atom stereocenters. The Bertz CT molecular complexity index is 422. The number of rotatable bonds is 4. The van der Waals surface area contributed by atoms with Gasteiger partial charge in [0.25, 0.3) is 0 Å². The lowest BCUT2D eigenvalue weighted by atomic mass is 9.93. The Hall–Kier alpha value is -0.800. The van der Waals surface area contributed by atoms with Gasteiger partial charge >= 0.3 is 0 Å². The molecule has 19 heavy (non-hydrogen) atoms. The van der Waals surface area contributed by atoms with Crippen molar-refractivity contribution in [3.63, 3.8) is 0 Å². The van der Waals surface area contributed by atoms with Crippen molar-refractivity contribution in [1.29, 1.82) is 0 Å². The van der Waals surface area contributed by atoms with Crippen LogP contribution in [-0.4, -0.2) is 24.1 Å². The van der Waals surface area contributed by atoms with Crippen LogP contribution in [0.15, 0.2) is 12.1 Å². The van der Waals surface area contributed by atoms with Gasteiger partial charge in [-0.3, -0.25) is 0 Å². The third kappa shape index (κ3) is 3.61. The van der Waals surface area contributed by atoms with Crippen LogP contribution in [0, 0.1) is 5.92 Å². The first kappa shape index (κ1) is 14.6. The number of nitrogens with zero attached hydrogens (tertiary/aromatic N) is 2. The van der Waals surface area contributed by atoms with Crippen molar-refractivity contribution in [2.75, 3.05) is 18.0 Å². The van der Waals surface area contributed by atoms with E-state index in [2.05, 4.69) is 31.0 Å². The van der Waals surface area contributed by atoms with E-state index in [0.29, 0.717) is 6.04 Å². The van der Waals surface area contributed by atoms with E-state index in [1.807, 2.05) is 12.1 Å². The number of hydrogen-bond acceptors (Lipinski definition) is 3. The van der Waals surface area contributed by atoms with E-state index in [4.69, 9.17) is 16.6 Å². The zero-order valence-electron chi connectivity index (χ0n) is 12.1. The molecule has 0 amide bonds. The van der Waals surface area contributed by atoms with E-state index in [-0.39, 0.29) is 0 Å². The van der Waals surface area contributed by atoms with Crippen molar-refractivity contribution in [1.82, 2.24) is 10.3 Å². The first-order chi connectivity index (χ1) is 9.11. The molecule has 1 N–H and O–H groups in total. The van der Waals surface area contributed by atoms with Crippen molar-refractivity contribution in [2.45, 2.75) is 46.2 Å². The smallest absolute Gasteiger partial charge is 0.129 e. The lowest BCUT2D eigenvalue weighted by Gasteiger charge is -2.37. The average molecular weight is 282 g/mol. The van der Waals surface area contributed by atoms with Crippen LogP contribution in [0.5, 0.6) is 0 Å². The standard InChI is InChI=1S/C15H24ClN3/c1-4-17-10-14-13(16)5-6-15(18-14)19-8-7-11(2)9-12(19)3/h5-6,11-12,17H,4,7-10H2,1-3H3. The summed E-state index contributed by atoms with van der Waals surface area (Å²) in [5.74, 6) is 1.89. The normalized spacial score (nSPS) is 23.7. The molecule has 1 aliphatic rings. The van der Waals surface area contributed by atoms with Crippen molar-refractivity contribution >= 4 is 17.4 Å². The number of hydrogen-bond donors (Lipinski definition) is 1. The molecule has 2 heterocycles. The molecule has 0 spiro atoms. The first-order valence-electron chi connectivity index (χ1n) is 7.24. The van der Waals surface area contributed by atoms with Crippen molar-refractivity contribution in [3.8, 4) is 0 Å². The predicted octanol–water partition coefficient (Wildman–Crippen LogP) is 3.47. The van der Waals surface area contributed by atoms with E-state index >= 15 is 0 Å². The van der Waals surface area contributed by atoms with E-state index in [1.54, 1.807) is 0 Å². The molecule has 0 aromatic carbocycles. The molecule has 0 radical (unpaired) electrons. The van der Waals surface area contributed by atoms with E-state index in [9.17, 15) is 0 Å². The minimum absolute atomic E-state index is 0.560. The fourth-order valence-corrected chi connectivity index (χ4v) is 2.92. The van der Waals surface area contributed by atoms with Gasteiger partial charge in [0.1, 0.15) is 5.82 Å². The van der Waals surface area contributed by atoms with Crippen LogP contribution in [0.2, 0.25) is 5.02 Å². The lowest BCUT2D eigenvalue weighted by Crippen LogP contribution is -2.40. The summed E-state index contributed by atoms with van der Waals surface area (Å²) < 4.78 is 0. The lowest BCUT2D eigenvalue weighted by molar-refractivity contribution is 0.376. The van der Waals surface area contributed by atoms with Gasteiger partial charge < -0.3 is 10.2 Å². The Morgan fingerprint density at radius 2 is 2.21 bits per heavy atom. The molecule has 0 saturated carbocycles. The van der Waals surface area contributed by atoms with Gasteiger partial charge in [-0.2, -0.15) is 0 Å². The van der Waals surface area contributed by atoms with Crippen molar-refractivity contribution in [2.24, 2.45) is 5.92 Å². The summed E-state index contributed by atoms with van der Waals surface area (Å²) in [6.07, 6.45) is 2.49. The molecule has 0 aliphatic carbocycles. The van der Waals surface area contributed by atoms with Gasteiger partial charge in [-0.25, -0.2) is 4.98 Å². The maximum Gasteiger partial charge on any atom is 0.129 e. The average Bonchev–Trinajstić information content (AvgIpc) is 2.38. The van der Waals surface area contributed by atoms with Crippen LogP contribution >= 0.6 is 11.6 Å². The molecular weight excluding hydrogens is 258 g/mol. The Morgan fingerprint density at radius 3 is 2.89 bits per heavy atom. The molecule has 1 aliphatic heterocycles. The Morgan fingerprint density at radius 1 is 1.42 bits per heavy atom. The Balaban J connectivity index is 2.15. The van der Waals surface area contributed by atoms with Gasteiger partial charge in [0.2, 0.25) is 0 Å². The van der Waals surface area contributed by atoms with Crippen LogP contribution < -0.4 is 10.2 Å². The molecule has 2 unspecified atom stereocenters. The van der Waals surface area contributed by atoms with Gasteiger partial charge in [0, 0.05) is 19.1 Å². The monoisotopic (exact) mass is 281 g/mol. The molecule has 4 heteroatoms. The third-order valence-corrected chi connectivity index (χ3v) is 4.22. The summed E-state index contributed by atoms with van der Waals surface area (Å²) >= 11 is 6.21. The zero-order valence-corrected chi connectivity index (χ0v) is 12.9. The van der Waals surface area contributed by atoms with E-state index in [0.717, 1.165) is 42.1 Å². The summed E-state index contributed by atoms with van der Waals surface area (Å²) in [4.78, 5) is 7.15. The maximum atomic E-state index is 6.21. The maximum absolute atomic E-state index is 6.21. The number of anilines is 1. The van der Waals surface area contributed by atoms with Crippen molar-refractivity contribution < 1.29 is 0 Å². The van der Waals surface area contributed by atoms with Crippen LogP contribution in [0.1, 0.15) is 39.3 Å². The van der Waals surface area contributed by atoms with Gasteiger partial charge in [0.05, 0.1) is 10.7 Å². The summed E-state index contributed by atoms with van der Waals surface area (Å²) in [5, 5.41) is 4.04. The second kappa shape index (κ2) is 6.58. The molecular formula is C15H24ClN3. The van der Waals surface area contributed by atoms with Crippen LogP contribution in [0.4, 0.5) is 5.82 Å². The molecule has 1 saturated heterocycles. The number of aromatic nitrogens is 1. The summed E-state index contributed by atoms with van der Waals surface area (Å²) in [5.41, 5.74) is 0.951. The zero-order chi connectivity index (χ0) is 13.8. The van der Waals surface area contributed by atoms with Gasteiger partial charge in [-0.05, 0) is 44.4 Å². The fourth-order valence-electron chi connectivity index (χ4n) is 2.75. The van der Waals surface area contributed by atoms with E-state index in [1.165, 1.54) is 12.8 Å². The second-order valence-corrected chi connectivity index (χ2v) is 5.96. The predicted molar refractivity (Wildman–Crippen MR) is 81.8 cm³/mol. The quantitative estimate of drug-likeness (QED) is 0.916. The SMILES string of the molecule is CCNCc1nc(N2CCC(C)CC2C)ccc1Cl. The van der Waals surface area contributed by atoms with E-state index < -0.39 is 0 Å². The first-order valence-corrected chi connectivity index (χ1v) is 7.62. The largest absolute Gasteiger partial charge is 0.354 e. The van der Waals surface area contributed by atoms with Gasteiger partial charge in [-0.15, -0.1) is 0 Å². The number of halogens is 1. The fraction of sp³-hybridized carbons (Fsp3) is 0.667. The molecule has 1 fully saturated rings. The summed E-state index contributed by atoms with van der Waals surface area (Å²) in [6.45, 7) is 9.47. The second-order valence-electron chi connectivity index (χ2n) is 5.55. The molecule has 3 nitrogen and oxygen atoms in total. The van der Waals surface area contributed by atoms with Crippen LogP contribution in [0.3, 0.4) is 0 Å². The molecule has 0 bridgehead atoms. The number of nitrogens with one attached hydrogen (secondary N) is 1. The topological polar surface area (TPSA) is 28.2 Å². The van der Waals surface area contributed by atoms with Crippen LogP contribution in [0.25, 0.3) is 0 Å². The molecule has 2 rings (SSSR count). The van der Waals surface area contributed by atoms with Crippen molar-refractivity contribution in [3.05, 3.63) is 22.8 Å². The molecule has 1 aromatic rings. The highest BCUT2D eigenvalue weighted by Gasteiger charge is 2.24. The highest BCUT2D eigenvalue weighted by molar-refractivity contribution is 6.31. The number of piperidine rings is 1. The molecule has 106 valence electrons. The third-order valence-electron chi connectivity index (χ3n) is 3.88. The highest BCUT2D eigenvalue weighted by atomic mass is 35.5. The van der Waals surface area contributed by atoms with Gasteiger partial charge in [-0.1, -0.05) is 25.4 Å². The molecule has 1 aromatic heterocycles.